The van der Waals surface area contributed by atoms with Crippen LogP contribution in [0.25, 0.3) is 11.2 Å². The molecule has 168 valence electrons. The van der Waals surface area contributed by atoms with Crippen LogP contribution in [-0.4, -0.2) is 56.7 Å². The minimum absolute atomic E-state index is 0.169. The van der Waals surface area contributed by atoms with Gasteiger partial charge in [-0.2, -0.15) is 18.3 Å². The number of hydrogen-bond donors (Lipinski definition) is 0. The number of carbonyl (C=O) groups excluding carboxylic acids is 1. The number of pyridine rings is 1. The fraction of sp³-hybridized carbons (Fsp3) is 0.421. The highest BCUT2D eigenvalue weighted by Gasteiger charge is 2.55. The van der Waals surface area contributed by atoms with Crippen LogP contribution in [0.15, 0.2) is 30.7 Å². The number of carbonyl (C=O) groups is 1. The molecule has 0 atom stereocenters. The number of hydrogen-bond acceptors (Lipinski definition) is 6. The summed E-state index contributed by atoms with van der Waals surface area (Å²) >= 11 is 0. The van der Waals surface area contributed by atoms with Crippen LogP contribution in [0.2, 0.25) is 0 Å². The summed E-state index contributed by atoms with van der Waals surface area (Å²) < 4.78 is 64.7. The second kappa shape index (κ2) is 7.07. The first-order chi connectivity index (χ1) is 15.2. The van der Waals surface area contributed by atoms with E-state index in [1.54, 1.807) is 4.90 Å². The highest BCUT2D eigenvalue weighted by molar-refractivity contribution is 6.01. The number of rotatable bonds is 4. The predicted molar refractivity (Wildman–Crippen MR) is 102 cm³/mol. The van der Waals surface area contributed by atoms with E-state index in [4.69, 9.17) is 0 Å². The average molecular weight is 453 g/mol. The number of alkyl halides is 5. The molecule has 3 aromatic rings. The molecule has 0 saturated carbocycles. The third-order valence-electron chi connectivity index (χ3n) is 5.82. The first-order valence-electron chi connectivity index (χ1n) is 9.73. The van der Waals surface area contributed by atoms with Crippen molar-refractivity contribution < 1.29 is 26.7 Å². The van der Waals surface area contributed by atoms with Gasteiger partial charge in [0.05, 0.1) is 29.7 Å². The summed E-state index contributed by atoms with van der Waals surface area (Å²) in [6.07, 6.45) is -2.69. The number of aromatic nitrogens is 5. The minimum Gasteiger partial charge on any atom is -0.368 e. The van der Waals surface area contributed by atoms with Crippen molar-refractivity contribution in [2.24, 2.45) is 5.41 Å². The van der Waals surface area contributed by atoms with Gasteiger partial charge in [0.15, 0.2) is 11.5 Å². The molecule has 32 heavy (non-hydrogen) atoms. The van der Waals surface area contributed by atoms with Crippen LogP contribution in [0.5, 0.6) is 0 Å². The lowest BCUT2D eigenvalue weighted by Crippen LogP contribution is -2.60. The van der Waals surface area contributed by atoms with Gasteiger partial charge in [0.25, 0.3) is 6.43 Å². The van der Waals surface area contributed by atoms with Gasteiger partial charge >= 0.3 is 6.18 Å². The molecule has 2 aliphatic heterocycles. The zero-order chi connectivity index (χ0) is 22.7. The molecule has 1 spiro atoms. The van der Waals surface area contributed by atoms with E-state index in [1.807, 2.05) is 0 Å². The van der Waals surface area contributed by atoms with Crippen molar-refractivity contribution in [3.63, 3.8) is 0 Å². The van der Waals surface area contributed by atoms with E-state index in [0.29, 0.717) is 37.3 Å². The third-order valence-corrected chi connectivity index (χ3v) is 5.82. The normalized spacial score (nSPS) is 18.2. The van der Waals surface area contributed by atoms with E-state index in [9.17, 15) is 26.7 Å². The van der Waals surface area contributed by atoms with Crippen molar-refractivity contribution in [2.45, 2.75) is 25.6 Å². The van der Waals surface area contributed by atoms with Crippen LogP contribution in [0.4, 0.5) is 33.5 Å². The maximum atomic E-state index is 13.1. The molecule has 5 rings (SSSR count). The lowest BCUT2D eigenvalue weighted by atomic mass is 9.78. The number of amides is 1. The van der Waals surface area contributed by atoms with Gasteiger partial charge in [0.2, 0.25) is 5.91 Å². The van der Waals surface area contributed by atoms with Crippen LogP contribution in [0, 0.1) is 5.41 Å². The molecule has 8 nitrogen and oxygen atoms in total. The molecule has 2 saturated heterocycles. The van der Waals surface area contributed by atoms with Crippen LogP contribution in [0.1, 0.15) is 12.1 Å². The summed E-state index contributed by atoms with van der Waals surface area (Å²) in [6.45, 7) is 0.430. The monoisotopic (exact) mass is 453 g/mol. The second-order valence-corrected chi connectivity index (χ2v) is 7.90. The van der Waals surface area contributed by atoms with Gasteiger partial charge in [-0.3, -0.25) is 9.69 Å². The van der Waals surface area contributed by atoms with Crippen molar-refractivity contribution in [2.75, 3.05) is 29.4 Å². The Kier molecular flexibility index (Phi) is 4.53. The van der Waals surface area contributed by atoms with Gasteiger partial charge in [-0.25, -0.2) is 28.4 Å². The van der Waals surface area contributed by atoms with Gasteiger partial charge in [0, 0.05) is 19.6 Å². The Balaban J connectivity index is 1.32. The minimum atomic E-state index is -4.51. The quantitative estimate of drug-likeness (QED) is 0.566. The molecule has 1 amide bonds. The molecule has 0 bridgehead atoms. The fourth-order valence-electron chi connectivity index (χ4n) is 4.17. The fourth-order valence-corrected chi connectivity index (χ4v) is 4.17. The zero-order valence-electron chi connectivity index (χ0n) is 16.4. The average Bonchev–Trinajstić information content (AvgIpc) is 3.26. The third kappa shape index (κ3) is 3.31. The molecule has 0 unspecified atom stereocenters. The SMILES string of the molecule is O=C1N(c2cnc3cnn(CC(F)F)c3n2)CCC12CN(c1ccc(C(F)(F)F)nc1)C2. The van der Waals surface area contributed by atoms with Crippen LogP contribution in [-0.2, 0) is 17.5 Å². The Labute approximate surface area is 177 Å². The molecule has 0 N–H and O–H groups in total. The molecular formula is C19H16F5N7O. The van der Waals surface area contributed by atoms with Crippen molar-refractivity contribution in [3.8, 4) is 0 Å². The molecule has 5 heterocycles. The molecule has 2 fully saturated rings. The summed E-state index contributed by atoms with van der Waals surface area (Å²) in [6, 6.07) is 2.25. The van der Waals surface area contributed by atoms with Gasteiger partial charge in [0.1, 0.15) is 17.8 Å². The van der Waals surface area contributed by atoms with Crippen molar-refractivity contribution >= 4 is 28.6 Å². The standard InChI is InChI=1S/C19H16F5N7O/c20-14(21)8-31-16-12(6-27-31)25-7-15(28-16)30-4-3-18(17(30)32)9-29(10-18)11-1-2-13(26-5-11)19(22,23)24/h1-2,5-7,14H,3-4,8-10H2. The summed E-state index contributed by atoms with van der Waals surface area (Å²) in [5, 5.41) is 3.87. The van der Waals surface area contributed by atoms with Crippen molar-refractivity contribution in [1.82, 2.24) is 24.7 Å². The highest BCUT2D eigenvalue weighted by Crippen LogP contribution is 2.44. The Bertz CT molecular complexity index is 1170. The van der Waals surface area contributed by atoms with E-state index >= 15 is 0 Å². The first-order valence-corrected chi connectivity index (χ1v) is 9.73. The Morgan fingerprint density at radius 2 is 1.88 bits per heavy atom. The van der Waals surface area contributed by atoms with E-state index in [0.717, 1.165) is 16.9 Å². The van der Waals surface area contributed by atoms with E-state index < -0.39 is 30.3 Å². The van der Waals surface area contributed by atoms with Crippen LogP contribution in [0.3, 0.4) is 0 Å². The Morgan fingerprint density at radius 3 is 2.53 bits per heavy atom. The molecule has 2 aliphatic rings. The maximum Gasteiger partial charge on any atom is 0.433 e. The maximum absolute atomic E-state index is 13.1. The first kappa shape index (κ1) is 20.5. The molecule has 0 aliphatic carbocycles. The number of fused-ring (bicyclic) bond motifs is 1. The van der Waals surface area contributed by atoms with Crippen LogP contribution < -0.4 is 9.80 Å². The highest BCUT2D eigenvalue weighted by atomic mass is 19.4. The van der Waals surface area contributed by atoms with E-state index in [-0.39, 0.29) is 17.4 Å². The van der Waals surface area contributed by atoms with Crippen LogP contribution >= 0.6 is 0 Å². The smallest absolute Gasteiger partial charge is 0.368 e. The number of anilines is 2. The molecule has 0 radical (unpaired) electrons. The van der Waals surface area contributed by atoms with E-state index in [2.05, 4.69) is 20.1 Å². The van der Waals surface area contributed by atoms with E-state index in [1.165, 1.54) is 23.4 Å². The van der Waals surface area contributed by atoms with Gasteiger partial charge < -0.3 is 4.90 Å². The summed E-state index contributed by atoms with van der Waals surface area (Å²) in [7, 11) is 0. The summed E-state index contributed by atoms with van der Waals surface area (Å²) in [5.41, 5.74) is -0.627. The molecule has 0 aromatic carbocycles. The number of halogens is 5. The summed E-state index contributed by atoms with van der Waals surface area (Å²) in [5.74, 6) is 0.0761. The topological polar surface area (TPSA) is 80.0 Å². The van der Waals surface area contributed by atoms with Gasteiger partial charge in [-0.05, 0) is 18.6 Å². The molecular weight excluding hydrogens is 437 g/mol. The second-order valence-electron chi connectivity index (χ2n) is 7.90. The number of nitrogens with zero attached hydrogens (tertiary/aromatic N) is 7. The predicted octanol–water partition coefficient (Wildman–Crippen LogP) is 2.75. The lowest BCUT2D eigenvalue weighted by molar-refractivity contribution is -0.141. The molecule has 13 heteroatoms. The Morgan fingerprint density at radius 1 is 1.09 bits per heavy atom. The molecule has 3 aromatic heterocycles. The van der Waals surface area contributed by atoms with Gasteiger partial charge in [-0.1, -0.05) is 0 Å². The Hall–Kier alpha value is -3.38. The van der Waals surface area contributed by atoms with Crippen molar-refractivity contribution in [3.05, 3.63) is 36.4 Å². The zero-order valence-corrected chi connectivity index (χ0v) is 16.4. The van der Waals surface area contributed by atoms with Gasteiger partial charge in [-0.15, -0.1) is 0 Å². The lowest BCUT2D eigenvalue weighted by Gasteiger charge is -2.47. The van der Waals surface area contributed by atoms with Crippen molar-refractivity contribution in [1.29, 1.82) is 0 Å². The summed E-state index contributed by atoms with van der Waals surface area (Å²) in [4.78, 5) is 28.4. The largest absolute Gasteiger partial charge is 0.433 e.